The van der Waals surface area contributed by atoms with Gasteiger partial charge in [-0.1, -0.05) is 30.3 Å². The number of amides is 2. The van der Waals surface area contributed by atoms with Gasteiger partial charge in [0.05, 0.1) is 12.5 Å². The largest absolute Gasteiger partial charge is 0.355 e. The number of nitrogens with one attached hydrogen (secondary N) is 1. The Morgan fingerprint density at radius 1 is 1.32 bits per heavy atom. The summed E-state index contributed by atoms with van der Waals surface area (Å²) in [5, 5.41) is 2.86. The van der Waals surface area contributed by atoms with E-state index in [0.717, 1.165) is 24.9 Å². The molecule has 0 spiro atoms. The summed E-state index contributed by atoms with van der Waals surface area (Å²) < 4.78 is 0. The first-order valence-corrected chi connectivity index (χ1v) is 9.15. The quantitative estimate of drug-likeness (QED) is 0.731. The molecule has 1 unspecified atom stereocenters. The number of carbonyl (C=O) groups is 2. The van der Waals surface area contributed by atoms with Gasteiger partial charge in [-0.2, -0.15) is 0 Å². The molecule has 1 fully saturated rings. The van der Waals surface area contributed by atoms with Crippen molar-refractivity contribution >= 4 is 11.8 Å². The fourth-order valence-electron chi connectivity index (χ4n) is 3.22. The number of nitrogens with zero attached hydrogens (tertiary/aromatic N) is 2. The zero-order chi connectivity index (χ0) is 18.1. The van der Waals surface area contributed by atoms with Crippen molar-refractivity contribution in [2.75, 3.05) is 39.3 Å². The SMILES string of the molecule is CCN(Cc1ccccc1)C(=O)CN1CCCC(C(=O)NCCN)C1. The Labute approximate surface area is 150 Å². The summed E-state index contributed by atoms with van der Waals surface area (Å²) in [6.07, 6.45) is 1.82. The first-order valence-electron chi connectivity index (χ1n) is 9.15. The fourth-order valence-corrected chi connectivity index (χ4v) is 3.22. The molecule has 1 atom stereocenters. The van der Waals surface area contributed by atoms with Crippen LogP contribution in [-0.2, 0) is 16.1 Å². The van der Waals surface area contributed by atoms with Crippen LogP contribution < -0.4 is 11.1 Å². The summed E-state index contributed by atoms with van der Waals surface area (Å²) in [5.74, 6) is 0.130. The van der Waals surface area contributed by atoms with Gasteiger partial charge >= 0.3 is 0 Å². The highest BCUT2D eigenvalue weighted by atomic mass is 16.2. The van der Waals surface area contributed by atoms with Gasteiger partial charge in [-0.15, -0.1) is 0 Å². The number of hydrogen-bond donors (Lipinski definition) is 2. The third kappa shape index (κ3) is 6.14. The van der Waals surface area contributed by atoms with Crippen LogP contribution in [0.5, 0.6) is 0 Å². The topological polar surface area (TPSA) is 78.7 Å². The number of nitrogens with two attached hydrogens (primary N) is 1. The fraction of sp³-hybridized carbons (Fsp3) is 0.579. The minimum absolute atomic E-state index is 0.0442. The summed E-state index contributed by atoms with van der Waals surface area (Å²) in [4.78, 5) is 28.8. The van der Waals surface area contributed by atoms with Gasteiger partial charge in [0, 0.05) is 32.7 Å². The van der Waals surface area contributed by atoms with Crippen LogP contribution >= 0.6 is 0 Å². The molecule has 25 heavy (non-hydrogen) atoms. The van der Waals surface area contributed by atoms with Crippen LogP contribution in [0.3, 0.4) is 0 Å². The van der Waals surface area contributed by atoms with Crippen molar-refractivity contribution < 1.29 is 9.59 Å². The lowest BCUT2D eigenvalue weighted by Crippen LogP contribution is -2.47. The van der Waals surface area contributed by atoms with Gasteiger partial charge in [0.1, 0.15) is 0 Å². The zero-order valence-electron chi connectivity index (χ0n) is 15.1. The molecule has 6 nitrogen and oxygen atoms in total. The zero-order valence-corrected chi connectivity index (χ0v) is 15.1. The van der Waals surface area contributed by atoms with Crippen molar-refractivity contribution in [1.82, 2.24) is 15.1 Å². The van der Waals surface area contributed by atoms with Crippen LogP contribution in [0.25, 0.3) is 0 Å². The Morgan fingerprint density at radius 2 is 2.08 bits per heavy atom. The molecule has 1 saturated heterocycles. The second kappa shape index (κ2) is 10.2. The van der Waals surface area contributed by atoms with E-state index in [4.69, 9.17) is 5.73 Å². The van der Waals surface area contributed by atoms with Gasteiger partial charge in [-0.25, -0.2) is 0 Å². The van der Waals surface area contributed by atoms with Gasteiger partial charge < -0.3 is 16.0 Å². The molecule has 1 aromatic rings. The van der Waals surface area contributed by atoms with E-state index in [2.05, 4.69) is 10.2 Å². The van der Waals surface area contributed by atoms with E-state index in [1.54, 1.807) is 0 Å². The third-order valence-electron chi connectivity index (χ3n) is 4.63. The minimum Gasteiger partial charge on any atom is -0.355 e. The highest BCUT2D eigenvalue weighted by molar-refractivity contribution is 5.80. The van der Waals surface area contributed by atoms with Crippen molar-refractivity contribution in [1.29, 1.82) is 0 Å². The lowest BCUT2D eigenvalue weighted by molar-refractivity contribution is -0.135. The Morgan fingerprint density at radius 3 is 2.76 bits per heavy atom. The molecule has 1 aromatic carbocycles. The molecule has 0 aromatic heterocycles. The van der Waals surface area contributed by atoms with Crippen LogP contribution in [0.4, 0.5) is 0 Å². The number of likely N-dealkylation sites (N-methyl/N-ethyl adjacent to an activating group) is 1. The highest BCUT2D eigenvalue weighted by Crippen LogP contribution is 2.17. The molecule has 3 N–H and O–H groups in total. The minimum atomic E-state index is -0.0442. The third-order valence-corrected chi connectivity index (χ3v) is 4.63. The van der Waals surface area contributed by atoms with E-state index >= 15 is 0 Å². The number of likely N-dealkylation sites (tertiary alicyclic amines) is 1. The molecular weight excluding hydrogens is 316 g/mol. The van der Waals surface area contributed by atoms with Crippen molar-refractivity contribution in [3.63, 3.8) is 0 Å². The molecule has 1 heterocycles. The van der Waals surface area contributed by atoms with Crippen LogP contribution in [-0.4, -0.2) is 60.9 Å². The van der Waals surface area contributed by atoms with Crippen LogP contribution in [0.2, 0.25) is 0 Å². The number of hydrogen-bond acceptors (Lipinski definition) is 4. The molecule has 6 heteroatoms. The summed E-state index contributed by atoms with van der Waals surface area (Å²) in [7, 11) is 0. The lowest BCUT2D eigenvalue weighted by Gasteiger charge is -2.33. The summed E-state index contributed by atoms with van der Waals surface area (Å²) >= 11 is 0. The summed E-state index contributed by atoms with van der Waals surface area (Å²) in [5.41, 5.74) is 6.57. The van der Waals surface area contributed by atoms with E-state index in [-0.39, 0.29) is 17.7 Å². The first kappa shape index (κ1) is 19.4. The second-order valence-corrected chi connectivity index (χ2v) is 6.55. The standard InChI is InChI=1S/C19H30N4O2/c1-2-23(13-16-7-4-3-5-8-16)18(24)15-22-12-6-9-17(14-22)19(25)21-11-10-20/h3-5,7-8,17H,2,6,9-15,20H2,1H3,(H,21,25). The Balaban J connectivity index is 1.86. The van der Waals surface area contributed by atoms with Gasteiger partial charge in [-0.3, -0.25) is 14.5 Å². The van der Waals surface area contributed by atoms with Gasteiger partial charge in [0.2, 0.25) is 11.8 Å². The van der Waals surface area contributed by atoms with Crippen LogP contribution in [0.15, 0.2) is 30.3 Å². The average molecular weight is 346 g/mol. The molecule has 0 saturated carbocycles. The molecule has 0 aliphatic carbocycles. The van der Waals surface area contributed by atoms with E-state index in [1.165, 1.54) is 0 Å². The van der Waals surface area contributed by atoms with Crippen molar-refractivity contribution in [3.05, 3.63) is 35.9 Å². The van der Waals surface area contributed by atoms with Crippen molar-refractivity contribution in [2.24, 2.45) is 11.7 Å². The molecule has 0 bridgehead atoms. The van der Waals surface area contributed by atoms with Crippen molar-refractivity contribution in [3.8, 4) is 0 Å². The smallest absolute Gasteiger partial charge is 0.237 e. The van der Waals surface area contributed by atoms with Gasteiger partial charge in [-0.05, 0) is 31.9 Å². The Bertz CT molecular complexity index is 550. The van der Waals surface area contributed by atoms with E-state index in [9.17, 15) is 9.59 Å². The second-order valence-electron chi connectivity index (χ2n) is 6.55. The van der Waals surface area contributed by atoms with Crippen LogP contribution in [0.1, 0.15) is 25.3 Å². The molecular formula is C19H30N4O2. The van der Waals surface area contributed by atoms with Crippen LogP contribution in [0, 0.1) is 5.92 Å². The van der Waals surface area contributed by atoms with Crippen molar-refractivity contribution in [2.45, 2.75) is 26.3 Å². The van der Waals surface area contributed by atoms with Gasteiger partial charge in [0.25, 0.3) is 0 Å². The average Bonchev–Trinajstić information content (AvgIpc) is 2.65. The number of carbonyl (C=O) groups excluding carboxylic acids is 2. The van der Waals surface area contributed by atoms with E-state index < -0.39 is 0 Å². The maximum absolute atomic E-state index is 12.7. The normalized spacial score (nSPS) is 17.9. The maximum atomic E-state index is 12.7. The molecule has 1 aliphatic heterocycles. The monoisotopic (exact) mass is 346 g/mol. The number of rotatable bonds is 8. The lowest BCUT2D eigenvalue weighted by atomic mass is 9.97. The molecule has 2 rings (SSSR count). The summed E-state index contributed by atoms with van der Waals surface area (Å²) in [6.45, 7) is 6.16. The number of piperidine rings is 1. The molecule has 2 amide bonds. The Hall–Kier alpha value is -1.92. The van der Waals surface area contributed by atoms with E-state index in [1.807, 2.05) is 42.2 Å². The predicted octanol–water partition coefficient (Wildman–Crippen LogP) is 0.822. The Kier molecular flexibility index (Phi) is 7.88. The molecule has 138 valence electrons. The number of benzene rings is 1. The summed E-state index contributed by atoms with van der Waals surface area (Å²) in [6, 6.07) is 10.0. The highest BCUT2D eigenvalue weighted by Gasteiger charge is 2.27. The predicted molar refractivity (Wildman–Crippen MR) is 98.8 cm³/mol. The molecule has 1 aliphatic rings. The van der Waals surface area contributed by atoms with Gasteiger partial charge in [0.15, 0.2) is 0 Å². The van der Waals surface area contributed by atoms with E-state index in [0.29, 0.717) is 39.3 Å². The maximum Gasteiger partial charge on any atom is 0.237 e. The molecule has 0 radical (unpaired) electrons. The first-order chi connectivity index (χ1) is 12.1.